The fourth-order valence-electron chi connectivity index (χ4n) is 1.98. The first-order chi connectivity index (χ1) is 6.85. The third-order valence-electron chi connectivity index (χ3n) is 2.66. The number of allylic oxidation sites excluding steroid dienone is 2. The van der Waals surface area contributed by atoms with Gasteiger partial charge in [-0.15, -0.1) is 6.58 Å². The quantitative estimate of drug-likeness (QED) is 0.515. The van der Waals surface area contributed by atoms with Crippen molar-refractivity contribution in [3.63, 3.8) is 0 Å². The second kappa shape index (κ2) is 4.50. The van der Waals surface area contributed by atoms with Crippen molar-refractivity contribution >= 4 is 8.32 Å². The Kier molecular flexibility index (Phi) is 3.74. The Morgan fingerprint density at radius 2 is 2.07 bits per heavy atom. The molecule has 1 nitrogen and oxygen atoms in total. The van der Waals surface area contributed by atoms with E-state index in [1.807, 2.05) is 6.08 Å². The van der Waals surface area contributed by atoms with E-state index in [1.165, 1.54) is 16.7 Å². The van der Waals surface area contributed by atoms with Crippen molar-refractivity contribution in [1.29, 1.82) is 0 Å². The van der Waals surface area contributed by atoms with Crippen molar-refractivity contribution in [1.82, 2.24) is 0 Å². The minimum absolute atomic E-state index is 0.277. The van der Waals surface area contributed by atoms with Crippen LogP contribution in [0.3, 0.4) is 0 Å². The van der Waals surface area contributed by atoms with Gasteiger partial charge in [0.1, 0.15) is 0 Å². The molecule has 1 aliphatic carbocycles. The van der Waals surface area contributed by atoms with Crippen molar-refractivity contribution < 1.29 is 4.43 Å². The van der Waals surface area contributed by atoms with E-state index in [-0.39, 0.29) is 6.10 Å². The average Bonchev–Trinajstić information content (AvgIpc) is 2.30. The second-order valence-electron chi connectivity index (χ2n) is 5.18. The number of rotatable bonds is 4. The molecule has 0 aromatic carbocycles. The molecule has 0 bridgehead atoms. The van der Waals surface area contributed by atoms with Crippen LogP contribution in [0.1, 0.15) is 19.8 Å². The highest BCUT2D eigenvalue weighted by molar-refractivity contribution is 6.69. The standard InChI is InChI=1S/C13H22OSi/c1-7-8-12-10(2)9-13(11(12)3)14-15(4,5)6/h7,13H,1-2,8-9H2,3-6H3. The Hall–Kier alpha value is -0.603. The van der Waals surface area contributed by atoms with Gasteiger partial charge in [-0.2, -0.15) is 0 Å². The Balaban J connectivity index is 2.80. The summed E-state index contributed by atoms with van der Waals surface area (Å²) in [7, 11) is -1.45. The molecule has 0 heterocycles. The highest BCUT2D eigenvalue weighted by Crippen LogP contribution is 2.35. The molecule has 0 N–H and O–H groups in total. The Morgan fingerprint density at radius 1 is 1.47 bits per heavy atom. The maximum Gasteiger partial charge on any atom is 0.184 e. The Morgan fingerprint density at radius 3 is 2.53 bits per heavy atom. The van der Waals surface area contributed by atoms with E-state index in [0.717, 1.165) is 12.8 Å². The first-order valence-electron chi connectivity index (χ1n) is 5.51. The van der Waals surface area contributed by atoms with Crippen molar-refractivity contribution in [2.75, 3.05) is 0 Å². The molecule has 1 unspecified atom stereocenters. The molecule has 0 saturated carbocycles. The van der Waals surface area contributed by atoms with Gasteiger partial charge in [0.2, 0.25) is 0 Å². The first-order valence-corrected chi connectivity index (χ1v) is 8.92. The molecule has 0 saturated heterocycles. The topological polar surface area (TPSA) is 9.23 Å². The molecule has 0 amide bonds. The number of hydrogen-bond donors (Lipinski definition) is 0. The monoisotopic (exact) mass is 222 g/mol. The zero-order valence-corrected chi connectivity index (χ0v) is 11.4. The molecule has 0 aliphatic heterocycles. The summed E-state index contributed by atoms with van der Waals surface area (Å²) in [5.41, 5.74) is 3.95. The Labute approximate surface area is 94.7 Å². The summed E-state index contributed by atoms with van der Waals surface area (Å²) < 4.78 is 6.14. The molecule has 0 radical (unpaired) electrons. The lowest BCUT2D eigenvalue weighted by atomic mass is 10.1. The van der Waals surface area contributed by atoms with Crippen LogP contribution < -0.4 is 0 Å². The zero-order valence-electron chi connectivity index (χ0n) is 10.4. The maximum absolute atomic E-state index is 6.14. The predicted octanol–water partition coefficient (Wildman–Crippen LogP) is 4.06. The van der Waals surface area contributed by atoms with Crippen molar-refractivity contribution in [3.8, 4) is 0 Å². The van der Waals surface area contributed by atoms with E-state index in [9.17, 15) is 0 Å². The third kappa shape index (κ3) is 3.18. The molecule has 1 aliphatic rings. The van der Waals surface area contributed by atoms with Crippen LogP contribution in [0, 0.1) is 0 Å². The lowest BCUT2D eigenvalue weighted by Gasteiger charge is -2.24. The van der Waals surface area contributed by atoms with Crippen LogP contribution in [0.15, 0.2) is 36.0 Å². The Bertz CT molecular complexity index is 307. The van der Waals surface area contributed by atoms with E-state index >= 15 is 0 Å². The fraction of sp³-hybridized carbons (Fsp3) is 0.538. The second-order valence-corrected chi connectivity index (χ2v) is 9.64. The summed E-state index contributed by atoms with van der Waals surface area (Å²) in [4.78, 5) is 0. The molecule has 0 fully saturated rings. The highest BCUT2D eigenvalue weighted by Gasteiger charge is 2.29. The van der Waals surface area contributed by atoms with Crippen LogP contribution in [0.2, 0.25) is 19.6 Å². The fourth-order valence-corrected chi connectivity index (χ4v) is 3.09. The van der Waals surface area contributed by atoms with E-state index in [4.69, 9.17) is 4.43 Å². The molecule has 2 heteroatoms. The van der Waals surface area contributed by atoms with Crippen LogP contribution in [0.25, 0.3) is 0 Å². The molecular formula is C13H22OSi. The van der Waals surface area contributed by atoms with Gasteiger partial charge in [0.05, 0.1) is 6.10 Å². The van der Waals surface area contributed by atoms with Gasteiger partial charge < -0.3 is 4.43 Å². The summed E-state index contributed by atoms with van der Waals surface area (Å²) in [5.74, 6) is 0. The molecular weight excluding hydrogens is 200 g/mol. The van der Waals surface area contributed by atoms with Crippen LogP contribution in [-0.4, -0.2) is 14.4 Å². The van der Waals surface area contributed by atoms with Gasteiger partial charge in [0.25, 0.3) is 0 Å². The lowest BCUT2D eigenvalue weighted by Crippen LogP contribution is -2.31. The summed E-state index contributed by atoms with van der Waals surface area (Å²) >= 11 is 0. The summed E-state index contributed by atoms with van der Waals surface area (Å²) in [6.07, 6.45) is 4.12. The van der Waals surface area contributed by atoms with Crippen LogP contribution in [-0.2, 0) is 4.43 Å². The van der Waals surface area contributed by atoms with Gasteiger partial charge in [0, 0.05) is 6.42 Å². The van der Waals surface area contributed by atoms with Crippen molar-refractivity contribution in [2.24, 2.45) is 0 Å². The van der Waals surface area contributed by atoms with E-state index in [1.54, 1.807) is 0 Å². The van der Waals surface area contributed by atoms with Crippen molar-refractivity contribution in [2.45, 2.75) is 45.5 Å². The molecule has 1 atom stereocenters. The summed E-state index contributed by atoms with van der Waals surface area (Å²) in [5, 5.41) is 0. The predicted molar refractivity (Wildman–Crippen MR) is 69.5 cm³/mol. The summed E-state index contributed by atoms with van der Waals surface area (Å²) in [6, 6.07) is 0. The van der Waals surface area contributed by atoms with Gasteiger partial charge in [-0.25, -0.2) is 0 Å². The molecule has 0 spiro atoms. The van der Waals surface area contributed by atoms with E-state index in [0.29, 0.717) is 0 Å². The molecule has 1 rings (SSSR count). The average molecular weight is 222 g/mol. The first kappa shape index (κ1) is 12.5. The molecule has 0 aromatic rings. The lowest BCUT2D eigenvalue weighted by molar-refractivity contribution is 0.238. The molecule has 15 heavy (non-hydrogen) atoms. The smallest absolute Gasteiger partial charge is 0.184 e. The normalized spacial score (nSPS) is 22.4. The van der Waals surface area contributed by atoms with Crippen LogP contribution >= 0.6 is 0 Å². The highest BCUT2D eigenvalue weighted by atomic mass is 28.4. The minimum atomic E-state index is -1.45. The zero-order chi connectivity index (χ0) is 11.6. The van der Waals surface area contributed by atoms with Gasteiger partial charge in [0.15, 0.2) is 8.32 Å². The largest absolute Gasteiger partial charge is 0.411 e. The van der Waals surface area contributed by atoms with Crippen LogP contribution in [0.5, 0.6) is 0 Å². The SMILES string of the molecule is C=CCC1=C(C)C(O[Si](C)(C)C)CC1=C. The molecule has 84 valence electrons. The van der Waals surface area contributed by atoms with Gasteiger partial charge in [-0.1, -0.05) is 12.7 Å². The molecule has 0 aromatic heterocycles. The summed E-state index contributed by atoms with van der Waals surface area (Å²) in [6.45, 7) is 16.8. The van der Waals surface area contributed by atoms with Gasteiger partial charge in [-0.05, 0) is 49.7 Å². The third-order valence-corrected chi connectivity index (χ3v) is 3.65. The van der Waals surface area contributed by atoms with Crippen LogP contribution in [0.4, 0.5) is 0 Å². The minimum Gasteiger partial charge on any atom is -0.411 e. The van der Waals surface area contributed by atoms with E-state index in [2.05, 4.69) is 39.7 Å². The van der Waals surface area contributed by atoms with Gasteiger partial charge >= 0.3 is 0 Å². The van der Waals surface area contributed by atoms with Crippen molar-refractivity contribution in [3.05, 3.63) is 36.0 Å². The maximum atomic E-state index is 6.14. The van der Waals surface area contributed by atoms with Gasteiger partial charge in [-0.3, -0.25) is 0 Å². The van der Waals surface area contributed by atoms with E-state index < -0.39 is 8.32 Å². The number of hydrogen-bond acceptors (Lipinski definition) is 1.